The second kappa shape index (κ2) is 5.33. The molecule has 0 saturated carbocycles. The van der Waals surface area contributed by atoms with Gasteiger partial charge in [0.2, 0.25) is 0 Å². The Kier molecular flexibility index (Phi) is 3.95. The lowest BCUT2D eigenvalue weighted by atomic mass is 9.77. The van der Waals surface area contributed by atoms with Gasteiger partial charge in [0.25, 0.3) is 0 Å². The fourth-order valence-corrected chi connectivity index (χ4v) is 2.92. The number of aryl methyl sites for hydroxylation is 1. The van der Waals surface area contributed by atoms with Crippen LogP contribution in [0.2, 0.25) is 0 Å². The van der Waals surface area contributed by atoms with Crippen LogP contribution in [0.15, 0.2) is 12.1 Å². The minimum absolute atomic E-state index is 0.0525. The molecule has 1 aliphatic heterocycles. The summed E-state index contributed by atoms with van der Waals surface area (Å²) in [7, 11) is 0. The summed E-state index contributed by atoms with van der Waals surface area (Å²) in [6.07, 6.45) is 0.348. The Balaban J connectivity index is 2.42. The summed E-state index contributed by atoms with van der Waals surface area (Å²) in [4.78, 5) is 11.8. The number of hydrogen-bond acceptors (Lipinski definition) is 3. The van der Waals surface area contributed by atoms with E-state index in [2.05, 4.69) is 32.9 Å². The van der Waals surface area contributed by atoms with E-state index in [1.165, 1.54) is 16.7 Å². The first-order chi connectivity index (χ1) is 8.94. The first kappa shape index (κ1) is 14.1. The van der Waals surface area contributed by atoms with Crippen molar-refractivity contribution in [1.29, 1.82) is 0 Å². The summed E-state index contributed by atoms with van der Waals surface area (Å²) in [6.45, 7) is 9.97. The van der Waals surface area contributed by atoms with E-state index in [1.807, 2.05) is 6.92 Å². The SMILES string of the molecule is CCOC(=O)Cc1cc(C)cc2c1C(C)(C)COC2. The molecule has 1 aliphatic rings. The van der Waals surface area contributed by atoms with Crippen molar-refractivity contribution in [2.45, 2.75) is 46.1 Å². The van der Waals surface area contributed by atoms with Crippen LogP contribution in [0.5, 0.6) is 0 Å². The molecule has 0 unspecified atom stereocenters. The fraction of sp³-hybridized carbons (Fsp3) is 0.562. The molecule has 0 spiro atoms. The van der Waals surface area contributed by atoms with Crippen LogP contribution in [-0.2, 0) is 32.7 Å². The van der Waals surface area contributed by atoms with E-state index < -0.39 is 0 Å². The second-order valence-corrected chi connectivity index (χ2v) is 5.82. The van der Waals surface area contributed by atoms with E-state index in [0.29, 0.717) is 26.2 Å². The van der Waals surface area contributed by atoms with Gasteiger partial charge >= 0.3 is 5.97 Å². The first-order valence-electron chi connectivity index (χ1n) is 6.80. The summed E-state index contributed by atoms with van der Waals surface area (Å²) in [6, 6.07) is 4.26. The van der Waals surface area contributed by atoms with Crippen molar-refractivity contribution >= 4 is 5.97 Å². The third-order valence-corrected chi connectivity index (χ3v) is 3.48. The number of esters is 1. The zero-order chi connectivity index (χ0) is 14.0. The molecule has 0 aromatic heterocycles. The van der Waals surface area contributed by atoms with Gasteiger partial charge < -0.3 is 9.47 Å². The molecule has 0 N–H and O–H groups in total. The molecule has 3 nitrogen and oxygen atoms in total. The fourth-order valence-electron chi connectivity index (χ4n) is 2.92. The van der Waals surface area contributed by atoms with Crippen LogP contribution in [0.25, 0.3) is 0 Å². The number of ether oxygens (including phenoxy) is 2. The molecule has 1 heterocycles. The summed E-state index contributed by atoms with van der Waals surface area (Å²) in [5.41, 5.74) is 4.66. The van der Waals surface area contributed by atoms with Gasteiger partial charge in [-0.25, -0.2) is 0 Å². The molecular formula is C16H22O3. The van der Waals surface area contributed by atoms with Crippen LogP contribution in [0.1, 0.15) is 43.0 Å². The average molecular weight is 262 g/mol. The monoisotopic (exact) mass is 262 g/mol. The third kappa shape index (κ3) is 2.98. The number of hydrogen-bond donors (Lipinski definition) is 0. The molecule has 0 amide bonds. The van der Waals surface area contributed by atoms with Crippen molar-refractivity contribution in [2.75, 3.05) is 13.2 Å². The number of fused-ring (bicyclic) bond motifs is 1. The maximum Gasteiger partial charge on any atom is 0.310 e. The van der Waals surface area contributed by atoms with E-state index in [4.69, 9.17) is 9.47 Å². The molecule has 0 fully saturated rings. The summed E-state index contributed by atoms with van der Waals surface area (Å²) < 4.78 is 10.7. The van der Waals surface area contributed by atoms with Crippen LogP contribution >= 0.6 is 0 Å². The van der Waals surface area contributed by atoms with Gasteiger partial charge in [-0.15, -0.1) is 0 Å². The molecule has 0 saturated heterocycles. The number of carbonyl (C=O) groups excluding carboxylic acids is 1. The van der Waals surface area contributed by atoms with Crippen molar-refractivity contribution in [1.82, 2.24) is 0 Å². The zero-order valence-electron chi connectivity index (χ0n) is 12.2. The van der Waals surface area contributed by atoms with Crippen LogP contribution < -0.4 is 0 Å². The third-order valence-electron chi connectivity index (χ3n) is 3.48. The molecule has 0 atom stereocenters. The van der Waals surface area contributed by atoms with Crippen LogP contribution in [-0.4, -0.2) is 19.2 Å². The van der Waals surface area contributed by atoms with E-state index in [0.717, 1.165) is 5.56 Å². The first-order valence-corrected chi connectivity index (χ1v) is 6.80. The van der Waals surface area contributed by atoms with Crippen molar-refractivity contribution in [2.24, 2.45) is 0 Å². The highest BCUT2D eigenvalue weighted by Crippen LogP contribution is 2.35. The lowest BCUT2D eigenvalue weighted by Crippen LogP contribution is -2.32. The largest absolute Gasteiger partial charge is 0.466 e. The van der Waals surface area contributed by atoms with Crippen molar-refractivity contribution in [3.8, 4) is 0 Å². The van der Waals surface area contributed by atoms with Crippen LogP contribution in [0.4, 0.5) is 0 Å². The van der Waals surface area contributed by atoms with Gasteiger partial charge in [0.1, 0.15) is 0 Å². The van der Waals surface area contributed by atoms with Crippen molar-refractivity contribution in [3.63, 3.8) is 0 Å². The predicted molar refractivity (Wildman–Crippen MR) is 74.2 cm³/mol. The highest BCUT2D eigenvalue weighted by Gasteiger charge is 2.31. The minimum Gasteiger partial charge on any atom is -0.466 e. The van der Waals surface area contributed by atoms with E-state index in [1.54, 1.807) is 0 Å². The minimum atomic E-state index is -0.155. The Hall–Kier alpha value is -1.35. The molecule has 104 valence electrons. The molecular weight excluding hydrogens is 240 g/mol. The summed E-state index contributed by atoms with van der Waals surface area (Å²) >= 11 is 0. The maximum absolute atomic E-state index is 11.8. The average Bonchev–Trinajstić information content (AvgIpc) is 2.27. The molecule has 0 aliphatic carbocycles. The lowest BCUT2D eigenvalue weighted by Gasteiger charge is -2.34. The van der Waals surface area contributed by atoms with Gasteiger partial charge in [0.15, 0.2) is 0 Å². The van der Waals surface area contributed by atoms with Gasteiger partial charge in [-0.2, -0.15) is 0 Å². The maximum atomic E-state index is 11.8. The Morgan fingerprint density at radius 1 is 1.42 bits per heavy atom. The molecule has 2 rings (SSSR count). The molecule has 0 radical (unpaired) electrons. The van der Waals surface area contributed by atoms with Crippen molar-refractivity contribution in [3.05, 3.63) is 34.4 Å². The lowest BCUT2D eigenvalue weighted by molar-refractivity contribution is -0.142. The second-order valence-electron chi connectivity index (χ2n) is 5.82. The Bertz CT molecular complexity index is 489. The van der Waals surface area contributed by atoms with Gasteiger partial charge in [-0.1, -0.05) is 31.5 Å². The van der Waals surface area contributed by atoms with Gasteiger partial charge in [0, 0.05) is 5.41 Å². The Labute approximate surface area is 114 Å². The standard InChI is InChI=1S/C16H22O3/c1-5-19-14(17)8-12-6-11(2)7-13-9-18-10-16(3,4)15(12)13/h6-7H,5,8-10H2,1-4H3. The topological polar surface area (TPSA) is 35.5 Å². The molecule has 0 bridgehead atoms. The summed E-state index contributed by atoms with van der Waals surface area (Å²) in [5, 5.41) is 0. The van der Waals surface area contributed by atoms with E-state index in [-0.39, 0.29) is 11.4 Å². The normalized spacial score (nSPS) is 16.8. The predicted octanol–water partition coefficient (Wildman–Crippen LogP) is 2.91. The quantitative estimate of drug-likeness (QED) is 0.786. The molecule has 1 aromatic rings. The number of benzene rings is 1. The van der Waals surface area contributed by atoms with Gasteiger partial charge in [0.05, 0.1) is 26.2 Å². The van der Waals surface area contributed by atoms with Crippen LogP contribution in [0.3, 0.4) is 0 Å². The highest BCUT2D eigenvalue weighted by molar-refractivity contribution is 5.73. The summed E-state index contributed by atoms with van der Waals surface area (Å²) in [5.74, 6) is -0.155. The molecule has 19 heavy (non-hydrogen) atoms. The number of rotatable bonds is 3. The van der Waals surface area contributed by atoms with E-state index in [9.17, 15) is 4.79 Å². The Morgan fingerprint density at radius 2 is 2.16 bits per heavy atom. The smallest absolute Gasteiger partial charge is 0.310 e. The number of carbonyl (C=O) groups is 1. The van der Waals surface area contributed by atoms with Gasteiger partial charge in [-0.3, -0.25) is 4.79 Å². The van der Waals surface area contributed by atoms with Crippen molar-refractivity contribution < 1.29 is 14.3 Å². The van der Waals surface area contributed by atoms with E-state index >= 15 is 0 Å². The zero-order valence-corrected chi connectivity index (χ0v) is 12.2. The van der Waals surface area contributed by atoms with Crippen LogP contribution in [0, 0.1) is 6.92 Å². The molecule has 1 aromatic carbocycles. The molecule has 3 heteroatoms. The van der Waals surface area contributed by atoms with Gasteiger partial charge in [-0.05, 0) is 30.5 Å². The Morgan fingerprint density at radius 3 is 2.84 bits per heavy atom. The highest BCUT2D eigenvalue weighted by atomic mass is 16.5.